The Bertz CT molecular complexity index is 918. The van der Waals surface area contributed by atoms with Gasteiger partial charge in [-0.25, -0.2) is 4.98 Å². The van der Waals surface area contributed by atoms with Gasteiger partial charge in [-0.2, -0.15) is 13.2 Å². The SMILES string of the molecule is Cc1cc(SCc2sc(-c3ccc(C(F)(F)F)cc3)nc2C)ccc1[O]. The number of rotatable bonds is 4. The molecule has 3 rings (SSSR count). The quantitative estimate of drug-likeness (QED) is 0.452. The molecule has 0 unspecified atom stereocenters. The van der Waals surface area contributed by atoms with E-state index in [0.717, 1.165) is 27.6 Å². The molecule has 0 fully saturated rings. The van der Waals surface area contributed by atoms with Gasteiger partial charge in [-0.1, -0.05) is 12.1 Å². The van der Waals surface area contributed by atoms with E-state index in [2.05, 4.69) is 4.98 Å². The fourth-order valence-corrected chi connectivity index (χ4v) is 4.55. The lowest BCUT2D eigenvalue weighted by molar-refractivity contribution is -0.137. The van der Waals surface area contributed by atoms with Crippen LogP contribution in [0.25, 0.3) is 10.6 Å². The largest absolute Gasteiger partial charge is 0.416 e. The molecule has 0 N–H and O–H groups in total. The Labute approximate surface area is 157 Å². The Kier molecular flexibility index (Phi) is 5.29. The van der Waals surface area contributed by atoms with E-state index in [-0.39, 0.29) is 5.75 Å². The standard InChI is InChI=1S/C19H15F3NOS2/c1-11-9-15(7-8-16(11)24)25-10-17-12(2)23-18(26-17)13-3-5-14(6-4-13)19(20,21)22/h3-9H,10H2,1-2H3. The van der Waals surface area contributed by atoms with Crippen molar-refractivity contribution in [3.63, 3.8) is 0 Å². The van der Waals surface area contributed by atoms with Crippen molar-refractivity contribution in [3.8, 4) is 16.3 Å². The fourth-order valence-electron chi connectivity index (χ4n) is 2.35. The van der Waals surface area contributed by atoms with Crippen LogP contribution in [-0.2, 0) is 17.0 Å². The number of nitrogens with zero attached hydrogens (tertiary/aromatic N) is 1. The molecule has 7 heteroatoms. The van der Waals surface area contributed by atoms with Gasteiger partial charge in [0.2, 0.25) is 0 Å². The number of thioether (sulfide) groups is 1. The van der Waals surface area contributed by atoms with Gasteiger partial charge in [-0.05, 0) is 49.7 Å². The summed E-state index contributed by atoms with van der Waals surface area (Å²) in [6, 6.07) is 10.3. The first-order valence-electron chi connectivity index (χ1n) is 7.78. The average Bonchev–Trinajstić information content (AvgIpc) is 2.96. The lowest BCUT2D eigenvalue weighted by atomic mass is 10.1. The molecular formula is C19H15F3NOS2. The number of aryl methyl sites for hydroxylation is 2. The lowest BCUT2D eigenvalue weighted by Crippen LogP contribution is -2.03. The molecule has 26 heavy (non-hydrogen) atoms. The van der Waals surface area contributed by atoms with E-state index < -0.39 is 11.7 Å². The Morgan fingerprint density at radius 2 is 1.77 bits per heavy atom. The highest BCUT2D eigenvalue weighted by molar-refractivity contribution is 7.98. The molecule has 0 saturated carbocycles. The zero-order chi connectivity index (χ0) is 18.9. The first-order valence-corrected chi connectivity index (χ1v) is 9.58. The number of benzene rings is 2. The number of aromatic nitrogens is 1. The van der Waals surface area contributed by atoms with Crippen LogP contribution in [0.1, 0.15) is 21.7 Å². The number of alkyl halides is 3. The van der Waals surface area contributed by atoms with Crippen LogP contribution >= 0.6 is 23.1 Å². The zero-order valence-electron chi connectivity index (χ0n) is 14.1. The minimum atomic E-state index is -4.34. The second kappa shape index (κ2) is 7.32. The molecule has 0 bridgehead atoms. The van der Waals surface area contributed by atoms with Crippen LogP contribution in [0.4, 0.5) is 13.2 Å². The minimum Gasteiger partial charge on any atom is -0.290 e. The Hall–Kier alpha value is -1.99. The van der Waals surface area contributed by atoms with E-state index in [0.29, 0.717) is 21.9 Å². The van der Waals surface area contributed by atoms with Gasteiger partial charge >= 0.3 is 6.18 Å². The molecule has 1 aromatic heterocycles. The first kappa shape index (κ1) is 18.8. The summed E-state index contributed by atoms with van der Waals surface area (Å²) < 4.78 is 38.0. The fraction of sp³-hybridized carbons (Fsp3) is 0.211. The van der Waals surface area contributed by atoms with Crippen LogP contribution in [0.3, 0.4) is 0 Å². The van der Waals surface area contributed by atoms with Crippen molar-refractivity contribution in [1.29, 1.82) is 0 Å². The normalized spacial score (nSPS) is 11.7. The molecule has 0 amide bonds. The van der Waals surface area contributed by atoms with Crippen molar-refractivity contribution in [1.82, 2.24) is 4.98 Å². The summed E-state index contributed by atoms with van der Waals surface area (Å²) in [5.74, 6) is 0.717. The number of hydrogen-bond acceptors (Lipinski definition) is 3. The van der Waals surface area contributed by atoms with Crippen molar-refractivity contribution in [2.45, 2.75) is 30.7 Å². The summed E-state index contributed by atoms with van der Waals surface area (Å²) in [5, 5.41) is 12.2. The lowest BCUT2D eigenvalue weighted by Gasteiger charge is -2.06. The molecule has 1 radical (unpaired) electrons. The number of hydrogen-bond donors (Lipinski definition) is 0. The molecular weight excluding hydrogens is 379 g/mol. The van der Waals surface area contributed by atoms with Crippen LogP contribution < -0.4 is 0 Å². The first-order chi connectivity index (χ1) is 12.2. The highest BCUT2D eigenvalue weighted by atomic mass is 32.2. The van der Waals surface area contributed by atoms with E-state index in [9.17, 15) is 18.3 Å². The summed E-state index contributed by atoms with van der Waals surface area (Å²) in [5.41, 5.74) is 1.59. The molecule has 0 spiro atoms. The monoisotopic (exact) mass is 394 g/mol. The van der Waals surface area contributed by atoms with Crippen molar-refractivity contribution in [2.24, 2.45) is 0 Å². The van der Waals surface area contributed by atoms with Gasteiger partial charge in [0.1, 0.15) is 5.01 Å². The van der Waals surface area contributed by atoms with Gasteiger partial charge in [0, 0.05) is 21.1 Å². The topological polar surface area (TPSA) is 32.8 Å². The third kappa shape index (κ3) is 4.22. The maximum absolute atomic E-state index is 12.7. The van der Waals surface area contributed by atoms with Gasteiger partial charge < -0.3 is 0 Å². The average molecular weight is 394 g/mol. The molecule has 0 aliphatic rings. The number of halogens is 3. The maximum atomic E-state index is 12.7. The van der Waals surface area contributed by atoms with Crippen molar-refractivity contribution in [3.05, 3.63) is 64.2 Å². The van der Waals surface area contributed by atoms with Crippen molar-refractivity contribution in [2.75, 3.05) is 0 Å². The summed E-state index contributed by atoms with van der Waals surface area (Å²) in [4.78, 5) is 6.56. The highest BCUT2D eigenvalue weighted by Crippen LogP contribution is 2.35. The van der Waals surface area contributed by atoms with E-state index >= 15 is 0 Å². The molecule has 3 aromatic rings. The van der Waals surface area contributed by atoms with E-state index in [1.165, 1.54) is 23.5 Å². The predicted molar refractivity (Wildman–Crippen MR) is 98.2 cm³/mol. The van der Waals surface area contributed by atoms with Gasteiger partial charge in [0.05, 0.1) is 11.3 Å². The second-order valence-corrected chi connectivity index (χ2v) is 7.95. The smallest absolute Gasteiger partial charge is 0.290 e. The van der Waals surface area contributed by atoms with Crippen molar-refractivity contribution < 1.29 is 18.3 Å². The summed E-state index contributed by atoms with van der Waals surface area (Å²) in [6.45, 7) is 3.68. The molecule has 2 aromatic carbocycles. The van der Waals surface area contributed by atoms with Crippen LogP contribution in [0.5, 0.6) is 5.75 Å². The maximum Gasteiger partial charge on any atom is 0.416 e. The van der Waals surface area contributed by atoms with Crippen LogP contribution in [0.2, 0.25) is 0 Å². The van der Waals surface area contributed by atoms with Crippen LogP contribution in [0, 0.1) is 13.8 Å². The summed E-state index contributed by atoms with van der Waals surface area (Å²) >= 11 is 3.09. The minimum absolute atomic E-state index is 0.0212. The van der Waals surface area contributed by atoms with Crippen molar-refractivity contribution >= 4 is 23.1 Å². The second-order valence-electron chi connectivity index (χ2n) is 5.82. The van der Waals surface area contributed by atoms with Gasteiger partial charge in [-0.3, -0.25) is 5.11 Å². The van der Waals surface area contributed by atoms with E-state index in [4.69, 9.17) is 0 Å². The molecule has 0 aliphatic carbocycles. The van der Waals surface area contributed by atoms with Crippen LogP contribution in [-0.4, -0.2) is 4.98 Å². The molecule has 0 atom stereocenters. The Morgan fingerprint density at radius 3 is 2.38 bits per heavy atom. The van der Waals surface area contributed by atoms with E-state index in [1.807, 2.05) is 13.0 Å². The molecule has 0 saturated heterocycles. The predicted octanol–water partition coefficient (Wildman–Crippen LogP) is 6.88. The molecule has 2 nitrogen and oxygen atoms in total. The third-order valence-electron chi connectivity index (χ3n) is 3.87. The Balaban J connectivity index is 1.75. The molecule has 135 valence electrons. The van der Waals surface area contributed by atoms with Gasteiger partial charge in [0.25, 0.3) is 0 Å². The van der Waals surface area contributed by atoms with Gasteiger partial charge in [-0.15, -0.1) is 23.1 Å². The third-order valence-corrected chi connectivity index (χ3v) is 6.28. The summed E-state index contributed by atoms with van der Waals surface area (Å²) in [6.07, 6.45) is -4.34. The molecule has 1 heterocycles. The number of thiazole rings is 1. The van der Waals surface area contributed by atoms with E-state index in [1.54, 1.807) is 30.8 Å². The van der Waals surface area contributed by atoms with Gasteiger partial charge in [0.15, 0.2) is 5.75 Å². The molecule has 0 aliphatic heterocycles. The highest BCUT2D eigenvalue weighted by Gasteiger charge is 2.30. The Morgan fingerprint density at radius 1 is 1.08 bits per heavy atom. The zero-order valence-corrected chi connectivity index (χ0v) is 15.7. The van der Waals surface area contributed by atoms with Crippen LogP contribution in [0.15, 0.2) is 47.4 Å². The summed E-state index contributed by atoms with van der Waals surface area (Å²) in [7, 11) is 0.